The van der Waals surface area contributed by atoms with Gasteiger partial charge in [0.2, 0.25) is 0 Å². The molecule has 178 valence electrons. The SMILES string of the molecule is COc1ccc(C(=O)N2CC[C@@H](NC(=O)c3ccccc3Cl)[C@@H](c3ccnn3C)C2)cc1OC. The normalized spacial score (nSPS) is 17.8. The monoisotopic (exact) mass is 482 g/mol. The number of nitrogens with zero attached hydrogens (tertiary/aromatic N) is 3. The molecule has 34 heavy (non-hydrogen) atoms. The van der Waals surface area contributed by atoms with E-state index in [1.807, 2.05) is 13.1 Å². The van der Waals surface area contributed by atoms with E-state index in [0.717, 1.165) is 5.69 Å². The number of carbonyl (C=O) groups excluding carboxylic acids is 2. The van der Waals surface area contributed by atoms with Crippen molar-refractivity contribution in [3.63, 3.8) is 0 Å². The van der Waals surface area contributed by atoms with Crippen LogP contribution < -0.4 is 14.8 Å². The van der Waals surface area contributed by atoms with Gasteiger partial charge in [0.05, 0.1) is 24.8 Å². The van der Waals surface area contributed by atoms with Crippen LogP contribution in [0.4, 0.5) is 0 Å². The average Bonchev–Trinajstić information content (AvgIpc) is 3.29. The summed E-state index contributed by atoms with van der Waals surface area (Å²) < 4.78 is 12.4. The zero-order valence-corrected chi connectivity index (χ0v) is 20.1. The van der Waals surface area contributed by atoms with Crippen molar-refractivity contribution in [3.05, 3.63) is 76.6 Å². The Kier molecular flexibility index (Phi) is 7.07. The predicted molar refractivity (Wildman–Crippen MR) is 129 cm³/mol. The fraction of sp³-hybridized carbons (Fsp3) is 0.320. The number of methoxy groups -OCH3 is 2. The molecule has 1 aliphatic heterocycles. The van der Waals surface area contributed by atoms with E-state index in [1.54, 1.807) is 65.4 Å². The first-order chi connectivity index (χ1) is 16.4. The molecule has 0 unspecified atom stereocenters. The minimum absolute atomic E-state index is 0.107. The van der Waals surface area contributed by atoms with Crippen LogP contribution >= 0.6 is 11.6 Å². The minimum atomic E-state index is -0.234. The third-order valence-electron chi connectivity index (χ3n) is 6.20. The standard InChI is InChI=1S/C25H27ClN4O4/c1-29-21(10-12-27-29)18-15-30(25(32)16-8-9-22(33-2)23(14-16)34-3)13-11-20(18)28-24(31)17-6-4-5-7-19(17)26/h4-10,12,14,18,20H,11,13,15H2,1-3H3,(H,28,31)/t18-,20+/m0/s1. The number of halogens is 1. The molecule has 0 radical (unpaired) electrons. The third kappa shape index (κ3) is 4.72. The third-order valence-corrected chi connectivity index (χ3v) is 6.53. The second kappa shape index (κ2) is 10.2. The van der Waals surface area contributed by atoms with E-state index < -0.39 is 0 Å². The van der Waals surface area contributed by atoms with Crippen molar-refractivity contribution in [2.45, 2.75) is 18.4 Å². The fourth-order valence-corrected chi connectivity index (χ4v) is 4.62. The number of ether oxygens (including phenoxy) is 2. The summed E-state index contributed by atoms with van der Waals surface area (Å²) in [4.78, 5) is 28.1. The zero-order valence-electron chi connectivity index (χ0n) is 19.3. The first-order valence-electron chi connectivity index (χ1n) is 11.0. The molecule has 2 atom stereocenters. The van der Waals surface area contributed by atoms with Gasteiger partial charge in [-0.2, -0.15) is 5.10 Å². The Bertz CT molecular complexity index is 1200. The van der Waals surface area contributed by atoms with E-state index >= 15 is 0 Å². The second-order valence-corrected chi connectivity index (χ2v) is 8.56. The number of hydrogen-bond donors (Lipinski definition) is 1. The maximum Gasteiger partial charge on any atom is 0.254 e. The summed E-state index contributed by atoms with van der Waals surface area (Å²) in [6, 6.07) is 13.8. The number of likely N-dealkylation sites (tertiary alicyclic amines) is 1. The molecule has 1 fully saturated rings. The van der Waals surface area contributed by atoms with E-state index in [0.29, 0.717) is 47.2 Å². The van der Waals surface area contributed by atoms with Gasteiger partial charge in [0.1, 0.15) is 0 Å². The van der Waals surface area contributed by atoms with Gasteiger partial charge >= 0.3 is 0 Å². The predicted octanol–water partition coefficient (Wildman–Crippen LogP) is 3.52. The number of piperidine rings is 1. The molecule has 2 aromatic carbocycles. The van der Waals surface area contributed by atoms with Crippen molar-refractivity contribution >= 4 is 23.4 Å². The molecule has 0 saturated carbocycles. The van der Waals surface area contributed by atoms with Gasteiger partial charge in [0.15, 0.2) is 11.5 Å². The highest BCUT2D eigenvalue weighted by molar-refractivity contribution is 6.33. The van der Waals surface area contributed by atoms with E-state index in [-0.39, 0.29) is 23.8 Å². The van der Waals surface area contributed by atoms with Crippen LogP contribution in [-0.4, -0.2) is 59.8 Å². The topological polar surface area (TPSA) is 85.7 Å². The van der Waals surface area contributed by atoms with Crippen LogP contribution in [0.3, 0.4) is 0 Å². The van der Waals surface area contributed by atoms with Crippen LogP contribution in [0.25, 0.3) is 0 Å². The lowest BCUT2D eigenvalue weighted by atomic mass is 9.88. The summed E-state index contributed by atoms with van der Waals surface area (Å²) in [5.74, 6) is 0.578. The highest BCUT2D eigenvalue weighted by Crippen LogP contribution is 2.31. The van der Waals surface area contributed by atoms with Crippen LogP contribution in [0.5, 0.6) is 11.5 Å². The lowest BCUT2D eigenvalue weighted by molar-refractivity contribution is 0.0667. The molecule has 0 bridgehead atoms. The number of hydrogen-bond acceptors (Lipinski definition) is 5. The molecule has 9 heteroatoms. The quantitative estimate of drug-likeness (QED) is 0.581. The molecule has 0 spiro atoms. The first kappa shape index (κ1) is 23.6. The Labute approximate surface area is 203 Å². The molecule has 8 nitrogen and oxygen atoms in total. The number of aryl methyl sites for hydroxylation is 1. The van der Waals surface area contributed by atoms with Crippen molar-refractivity contribution in [2.75, 3.05) is 27.3 Å². The number of carbonyl (C=O) groups is 2. The van der Waals surface area contributed by atoms with Crippen molar-refractivity contribution in [3.8, 4) is 11.5 Å². The highest BCUT2D eigenvalue weighted by Gasteiger charge is 2.35. The fourth-order valence-electron chi connectivity index (χ4n) is 4.40. The molecule has 2 heterocycles. The molecular formula is C25H27ClN4O4. The van der Waals surface area contributed by atoms with Crippen LogP contribution in [0.2, 0.25) is 5.02 Å². The molecular weight excluding hydrogens is 456 g/mol. The van der Waals surface area contributed by atoms with E-state index in [1.165, 1.54) is 7.11 Å². The molecule has 0 aliphatic carbocycles. The maximum atomic E-state index is 13.4. The van der Waals surface area contributed by atoms with Gasteiger partial charge in [-0.3, -0.25) is 14.3 Å². The average molecular weight is 483 g/mol. The summed E-state index contributed by atoms with van der Waals surface area (Å²) in [5, 5.41) is 7.83. The molecule has 1 N–H and O–H groups in total. The number of rotatable bonds is 6. The highest BCUT2D eigenvalue weighted by atomic mass is 35.5. The Hall–Kier alpha value is -3.52. The van der Waals surface area contributed by atoms with Crippen LogP contribution in [0.1, 0.15) is 38.7 Å². The molecule has 1 saturated heterocycles. The minimum Gasteiger partial charge on any atom is -0.493 e. The van der Waals surface area contributed by atoms with E-state index in [9.17, 15) is 9.59 Å². The van der Waals surface area contributed by atoms with Gasteiger partial charge in [-0.25, -0.2) is 0 Å². The lowest BCUT2D eigenvalue weighted by Crippen LogP contribution is -2.51. The van der Waals surface area contributed by atoms with Crippen molar-refractivity contribution in [1.82, 2.24) is 20.0 Å². The van der Waals surface area contributed by atoms with Crippen LogP contribution in [0, 0.1) is 0 Å². The summed E-state index contributed by atoms with van der Waals surface area (Å²) >= 11 is 6.23. The summed E-state index contributed by atoms with van der Waals surface area (Å²) in [5.41, 5.74) is 1.88. The smallest absolute Gasteiger partial charge is 0.254 e. The summed E-state index contributed by atoms with van der Waals surface area (Å²) in [7, 11) is 4.95. The van der Waals surface area contributed by atoms with Gasteiger partial charge in [0, 0.05) is 49.6 Å². The van der Waals surface area contributed by atoms with Gasteiger partial charge in [-0.15, -0.1) is 0 Å². The zero-order chi connectivity index (χ0) is 24.2. The van der Waals surface area contributed by atoms with Gasteiger partial charge < -0.3 is 19.7 Å². The summed E-state index contributed by atoms with van der Waals surface area (Å²) in [6.07, 6.45) is 2.31. The number of aromatic nitrogens is 2. The van der Waals surface area contributed by atoms with E-state index in [4.69, 9.17) is 21.1 Å². The largest absolute Gasteiger partial charge is 0.493 e. The molecule has 1 aromatic heterocycles. The first-order valence-corrected chi connectivity index (χ1v) is 11.3. The number of nitrogens with one attached hydrogen (secondary N) is 1. The van der Waals surface area contributed by atoms with Gasteiger partial charge in [-0.1, -0.05) is 23.7 Å². The Morgan fingerprint density at radius 1 is 1.09 bits per heavy atom. The van der Waals surface area contributed by atoms with Crippen molar-refractivity contribution in [1.29, 1.82) is 0 Å². The van der Waals surface area contributed by atoms with Crippen molar-refractivity contribution < 1.29 is 19.1 Å². The number of amides is 2. The molecule has 3 aromatic rings. The molecule has 2 amide bonds. The Morgan fingerprint density at radius 3 is 2.53 bits per heavy atom. The molecule has 1 aliphatic rings. The van der Waals surface area contributed by atoms with Crippen LogP contribution in [0.15, 0.2) is 54.7 Å². The molecule has 4 rings (SSSR count). The Morgan fingerprint density at radius 2 is 1.85 bits per heavy atom. The maximum absolute atomic E-state index is 13.4. The number of benzene rings is 2. The van der Waals surface area contributed by atoms with Crippen LogP contribution in [-0.2, 0) is 7.05 Å². The lowest BCUT2D eigenvalue weighted by Gasteiger charge is -2.39. The van der Waals surface area contributed by atoms with Gasteiger partial charge in [0.25, 0.3) is 11.8 Å². The summed E-state index contributed by atoms with van der Waals surface area (Å²) in [6.45, 7) is 0.926. The van der Waals surface area contributed by atoms with Crippen molar-refractivity contribution in [2.24, 2.45) is 7.05 Å². The second-order valence-electron chi connectivity index (χ2n) is 8.16. The van der Waals surface area contributed by atoms with Gasteiger partial charge in [-0.05, 0) is 42.8 Å². The van der Waals surface area contributed by atoms with E-state index in [2.05, 4.69) is 10.4 Å². The Balaban J connectivity index is 1.57.